The SMILES string of the molecule is CN(C)c1ccc(-c2cc(Nc3ccnc(N4CCOCC4)n3)on2)cc1. The van der Waals surface area contributed by atoms with Crippen LogP contribution >= 0.6 is 0 Å². The van der Waals surface area contributed by atoms with Crippen LogP contribution in [-0.4, -0.2) is 55.5 Å². The molecule has 8 nitrogen and oxygen atoms in total. The van der Waals surface area contributed by atoms with Gasteiger partial charge in [-0.1, -0.05) is 17.3 Å². The Balaban J connectivity index is 1.47. The predicted octanol–water partition coefficient (Wildman–Crippen LogP) is 2.78. The fourth-order valence-corrected chi connectivity index (χ4v) is 2.86. The number of hydrogen-bond acceptors (Lipinski definition) is 8. The van der Waals surface area contributed by atoms with E-state index >= 15 is 0 Å². The molecular formula is C19H22N6O2. The third-order valence-corrected chi connectivity index (χ3v) is 4.38. The zero-order chi connectivity index (χ0) is 18.6. The molecule has 0 spiro atoms. The van der Waals surface area contributed by atoms with Crippen LogP contribution in [0.1, 0.15) is 0 Å². The molecule has 1 aliphatic heterocycles. The van der Waals surface area contributed by atoms with Crippen LogP contribution in [0.15, 0.2) is 47.1 Å². The molecule has 3 heterocycles. The van der Waals surface area contributed by atoms with Crippen molar-refractivity contribution >= 4 is 23.3 Å². The summed E-state index contributed by atoms with van der Waals surface area (Å²) in [4.78, 5) is 13.1. The molecule has 0 saturated carbocycles. The van der Waals surface area contributed by atoms with Gasteiger partial charge in [-0.2, -0.15) is 4.98 Å². The largest absolute Gasteiger partial charge is 0.378 e. The van der Waals surface area contributed by atoms with Crippen LogP contribution in [0.2, 0.25) is 0 Å². The zero-order valence-electron chi connectivity index (χ0n) is 15.4. The number of rotatable bonds is 5. The summed E-state index contributed by atoms with van der Waals surface area (Å²) in [5.41, 5.74) is 2.90. The van der Waals surface area contributed by atoms with E-state index in [1.807, 2.05) is 32.3 Å². The minimum atomic E-state index is 0.535. The number of anilines is 4. The van der Waals surface area contributed by atoms with Crippen molar-refractivity contribution in [3.8, 4) is 11.3 Å². The van der Waals surface area contributed by atoms with Gasteiger partial charge < -0.3 is 24.4 Å². The molecule has 3 aromatic rings. The van der Waals surface area contributed by atoms with Crippen molar-refractivity contribution in [1.29, 1.82) is 0 Å². The lowest BCUT2D eigenvalue weighted by molar-refractivity contribution is 0.122. The zero-order valence-corrected chi connectivity index (χ0v) is 15.4. The summed E-state index contributed by atoms with van der Waals surface area (Å²) in [6, 6.07) is 11.8. The molecule has 1 aromatic carbocycles. The van der Waals surface area contributed by atoms with Gasteiger partial charge in [0.2, 0.25) is 11.8 Å². The first-order valence-corrected chi connectivity index (χ1v) is 8.86. The summed E-state index contributed by atoms with van der Waals surface area (Å²) in [6.07, 6.45) is 1.73. The topological polar surface area (TPSA) is 79.5 Å². The third-order valence-electron chi connectivity index (χ3n) is 4.38. The smallest absolute Gasteiger partial charge is 0.230 e. The maximum atomic E-state index is 5.42. The van der Waals surface area contributed by atoms with E-state index in [1.54, 1.807) is 12.3 Å². The Hall–Kier alpha value is -3.13. The Bertz CT molecular complexity index is 887. The average molecular weight is 366 g/mol. The minimum absolute atomic E-state index is 0.535. The molecule has 2 aromatic heterocycles. The summed E-state index contributed by atoms with van der Waals surface area (Å²) in [5.74, 6) is 1.88. The van der Waals surface area contributed by atoms with Crippen molar-refractivity contribution in [3.05, 3.63) is 42.6 Å². The van der Waals surface area contributed by atoms with Gasteiger partial charge in [0.15, 0.2) is 0 Å². The molecular weight excluding hydrogens is 344 g/mol. The molecule has 27 heavy (non-hydrogen) atoms. The molecule has 0 atom stereocenters. The third kappa shape index (κ3) is 4.01. The average Bonchev–Trinajstić information content (AvgIpc) is 3.17. The van der Waals surface area contributed by atoms with Crippen LogP contribution in [0, 0.1) is 0 Å². The van der Waals surface area contributed by atoms with Gasteiger partial charge in [0.1, 0.15) is 11.5 Å². The standard InChI is InChI=1S/C19H22N6O2/c1-24(2)15-5-3-14(4-6-15)16-13-18(27-23-16)21-17-7-8-20-19(22-17)25-9-11-26-12-10-25/h3-8,13H,9-12H2,1-2H3,(H,20,21,22). The number of ether oxygens (including phenoxy) is 1. The lowest BCUT2D eigenvalue weighted by Crippen LogP contribution is -2.37. The molecule has 1 fully saturated rings. The van der Waals surface area contributed by atoms with Crippen LogP contribution in [0.25, 0.3) is 11.3 Å². The van der Waals surface area contributed by atoms with E-state index in [9.17, 15) is 0 Å². The number of nitrogens with zero attached hydrogens (tertiary/aromatic N) is 5. The first-order valence-electron chi connectivity index (χ1n) is 8.86. The van der Waals surface area contributed by atoms with Crippen molar-refractivity contribution < 1.29 is 9.26 Å². The van der Waals surface area contributed by atoms with Crippen molar-refractivity contribution in [3.63, 3.8) is 0 Å². The van der Waals surface area contributed by atoms with Crippen LogP contribution in [-0.2, 0) is 4.74 Å². The number of nitrogens with one attached hydrogen (secondary N) is 1. The molecule has 0 amide bonds. The molecule has 0 radical (unpaired) electrons. The molecule has 0 unspecified atom stereocenters. The van der Waals surface area contributed by atoms with Crippen molar-refractivity contribution in [1.82, 2.24) is 15.1 Å². The van der Waals surface area contributed by atoms with Gasteiger partial charge in [-0.05, 0) is 18.2 Å². The Morgan fingerprint density at radius 2 is 1.85 bits per heavy atom. The molecule has 8 heteroatoms. The summed E-state index contributed by atoms with van der Waals surface area (Å²) in [7, 11) is 4.03. The first-order chi connectivity index (χ1) is 13.2. The lowest BCUT2D eigenvalue weighted by Gasteiger charge is -2.26. The van der Waals surface area contributed by atoms with E-state index in [0.29, 0.717) is 30.9 Å². The van der Waals surface area contributed by atoms with Gasteiger partial charge in [-0.25, -0.2) is 4.98 Å². The summed E-state index contributed by atoms with van der Waals surface area (Å²) in [6.45, 7) is 2.97. The highest BCUT2D eigenvalue weighted by Crippen LogP contribution is 2.25. The fourth-order valence-electron chi connectivity index (χ4n) is 2.86. The van der Waals surface area contributed by atoms with Crippen LogP contribution in [0.3, 0.4) is 0 Å². The maximum Gasteiger partial charge on any atom is 0.230 e. The van der Waals surface area contributed by atoms with E-state index in [4.69, 9.17) is 9.26 Å². The van der Waals surface area contributed by atoms with Gasteiger partial charge in [0.05, 0.1) is 13.2 Å². The van der Waals surface area contributed by atoms with Crippen molar-refractivity contribution in [2.45, 2.75) is 0 Å². The first kappa shape index (κ1) is 17.3. The highest BCUT2D eigenvalue weighted by molar-refractivity contribution is 5.66. The van der Waals surface area contributed by atoms with Gasteiger partial charge in [-0.15, -0.1) is 0 Å². The minimum Gasteiger partial charge on any atom is -0.378 e. The van der Waals surface area contributed by atoms with Crippen molar-refractivity contribution in [2.24, 2.45) is 0 Å². The van der Waals surface area contributed by atoms with Crippen LogP contribution in [0.4, 0.5) is 23.3 Å². The lowest BCUT2D eigenvalue weighted by atomic mass is 10.1. The second-order valence-corrected chi connectivity index (χ2v) is 6.48. The predicted molar refractivity (Wildman–Crippen MR) is 105 cm³/mol. The van der Waals surface area contributed by atoms with Gasteiger partial charge in [-0.3, -0.25) is 0 Å². The highest BCUT2D eigenvalue weighted by Gasteiger charge is 2.14. The normalized spacial score (nSPS) is 14.2. The molecule has 0 aliphatic carbocycles. The Morgan fingerprint density at radius 3 is 2.59 bits per heavy atom. The number of benzene rings is 1. The Labute approximate surface area is 157 Å². The monoisotopic (exact) mass is 366 g/mol. The van der Waals surface area contributed by atoms with Crippen molar-refractivity contribution in [2.75, 3.05) is 55.5 Å². The second kappa shape index (κ2) is 7.63. The Morgan fingerprint density at radius 1 is 1.07 bits per heavy atom. The second-order valence-electron chi connectivity index (χ2n) is 6.48. The highest BCUT2D eigenvalue weighted by atomic mass is 16.5. The van der Waals surface area contributed by atoms with Gasteiger partial charge in [0, 0.05) is 50.7 Å². The molecule has 140 valence electrons. The summed E-state index contributed by atoms with van der Waals surface area (Å²) >= 11 is 0. The van der Waals surface area contributed by atoms with Crippen LogP contribution < -0.4 is 15.1 Å². The maximum absolute atomic E-state index is 5.42. The van der Waals surface area contributed by atoms with Gasteiger partial charge in [0.25, 0.3) is 0 Å². The molecule has 4 rings (SSSR count). The molecule has 0 bridgehead atoms. The van der Waals surface area contributed by atoms with E-state index in [-0.39, 0.29) is 0 Å². The molecule has 1 saturated heterocycles. The van der Waals surface area contributed by atoms with E-state index in [0.717, 1.165) is 30.0 Å². The number of hydrogen-bond donors (Lipinski definition) is 1. The molecule has 1 aliphatic rings. The Kier molecular flexibility index (Phi) is 4.88. The molecule has 1 N–H and O–H groups in total. The van der Waals surface area contributed by atoms with E-state index in [2.05, 4.69) is 42.4 Å². The van der Waals surface area contributed by atoms with E-state index in [1.165, 1.54) is 0 Å². The fraction of sp³-hybridized carbons (Fsp3) is 0.316. The summed E-state index contributed by atoms with van der Waals surface area (Å²) < 4.78 is 10.8. The van der Waals surface area contributed by atoms with Gasteiger partial charge >= 0.3 is 0 Å². The number of aromatic nitrogens is 3. The summed E-state index contributed by atoms with van der Waals surface area (Å²) in [5, 5.41) is 7.30. The van der Waals surface area contributed by atoms with E-state index < -0.39 is 0 Å². The quantitative estimate of drug-likeness (QED) is 0.738. The number of morpholine rings is 1. The van der Waals surface area contributed by atoms with Crippen LogP contribution in [0.5, 0.6) is 0 Å².